The van der Waals surface area contributed by atoms with E-state index in [9.17, 15) is 4.79 Å². The number of carbonyl (C=O) groups is 1. The molecule has 7 nitrogen and oxygen atoms in total. The maximum absolute atomic E-state index is 12.6. The first-order valence-electron chi connectivity index (χ1n) is 8.89. The van der Waals surface area contributed by atoms with E-state index < -0.39 is 0 Å². The molecule has 0 bridgehead atoms. The Hall–Kier alpha value is -2.84. The summed E-state index contributed by atoms with van der Waals surface area (Å²) in [4.78, 5) is 26.4. The minimum atomic E-state index is -0.177. The maximum Gasteiger partial charge on any atom is 0.257 e. The van der Waals surface area contributed by atoms with Gasteiger partial charge in [-0.05, 0) is 50.0 Å². The number of thiazole rings is 1. The molecule has 0 aliphatic carbocycles. The van der Waals surface area contributed by atoms with Crippen LogP contribution in [0.5, 0.6) is 0 Å². The number of nitrogens with zero attached hydrogens (tertiary/aromatic N) is 3. The lowest BCUT2D eigenvalue weighted by molar-refractivity contribution is 0.102. The SMILES string of the molecule is O=C(Nc1ncc(C2CCNCC2)s1)c1cccc(Nc2cnccn2)c1. The Morgan fingerprint density at radius 3 is 2.85 bits per heavy atom. The number of benzene rings is 1. The fraction of sp³-hybridized carbons (Fsp3) is 0.263. The molecule has 3 heterocycles. The molecule has 3 aromatic rings. The van der Waals surface area contributed by atoms with Crippen molar-refractivity contribution in [3.63, 3.8) is 0 Å². The maximum atomic E-state index is 12.6. The predicted octanol–water partition coefficient (Wildman–Crippen LogP) is 3.40. The van der Waals surface area contributed by atoms with Gasteiger partial charge in [-0.15, -0.1) is 11.3 Å². The van der Waals surface area contributed by atoms with Crippen molar-refractivity contribution in [2.24, 2.45) is 0 Å². The van der Waals surface area contributed by atoms with Crippen molar-refractivity contribution in [2.75, 3.05) is 23.7 Å². The second kappa shape index (κ2) is 8.24. The van der Waals surface area contributed by atoms with E-state index >= 15 is 0 Å². The molecule has 138 valence electrons. The minimum Gasteiger partial charge on any atom is -0.339 e. The van der Waals surface area contributed by atoms with Gasteiger partial charge in [-0.2, -0.15) is 0 Å². The first kappa shape index (κ1) is 17.6. The molecule has 8 heteroatoms. The zero-order chi connectivity index (χ0) is 18.5. The van der Waals surface area contributed by atoms with Crippen molar-refractivity contribution in [3.8, 4) is 0 Å². The van der Waals surface area contributed by atoms with Crippen molar-refractivity contribution in [2.45, 2.75) is 18.8 Å². The molecule has 0 saturated carbocycles. The normalized spacial score (nSPS) is 14.7. The van der Waals surface area contributed by atoms with E-state index in [2.05, 4.69) is 30.9 Å². The molecule has 27 heavy (non-hydrogen) atoms. The fourth-order valence-electron chi connectivity index (χ4n) is 3.06. The average Bonchev–Trinajstić information content (AvgIpc) is 3.18. The van der Waals surface area contributed by atoms with Gasteiger partial charge in [0.05, 0.1) is 6.20 Å². The molecular weight excluding hydrogens is 360 g/mol. The Labute approximate surface area is 161 Å². The highest BCUT2D eigenvalue weighted by atomic mass is 32.1. The number of anilines is 3. The summed E-state index contributed by atoms with van der Waals surface area (Å²) in [6.07, 6.45) is 8.98. The first-order chi connectivity index (χ1) is 13.3. The number of hydrogen-bond donors (Lipinski definition) is 3. The van der Waals surface area contributed by atoms with Gasteiger partial charge in [0.25, 0.3) is 5.91 Å². The van der Waals surface area contributed by atoms with Crippen LogP contribution in [-0.2, 0) is 0 Å². The largest absolute Gasteiger partial charge is 0.339 e. The van der Waals surface area contributed by atoms with Crippen molar-refractivity contribution < 1.29 is 4.79 Å². The summed E-state index contributed by atoms with van der Waals surface area (Å²) in [6.45, 7) is 2.08. The minimum absolute atomic E-state index is 0.177. The second-order valence-electron chi connectivity index (χ2n) is 6.34. The lowest BCUT2D eigenvalue weighted by atomic mass is 9.97. The molecule has 0 spiro atoms. The first-order valence-corrected chi connectivity index (χ1v) is 9.70. The predicted molar refractivity (Wildman–Crippen MR) is 107 cm³/mol. The standard InChI is InChI=1S/C19H20N6OS/c26-18(25-19-23-11-16(27-19)13-4-6-20-7-5-13)14-2-1-3-15(10-14)24-17-12-21-8-9-22-17/h1-3,8-13,20H,4-7H2,(H,22,24)(H,23,25,26). The van der Waals surface area contributed by atoms with Gasteiger partial charge in [-0.3, -0.25) is 15.1 Å². The molecule has 1 amide bonds. The summed E-state index contributed by atoms with van der Waals surface area (Å²) in [5.41, 5.74) is 1.33. The second-order valence-corrected chi connectivity index (χ2v) is 7.40. The number of hydrogen-bond acceptors (Lipinski definition) is 7. The van der Waals surface area contributed by atoms with Crippen LogP contribution in [0.2, 0.25) is 0 Å². The Balaban J connectivity index is 1.42. The highest BCUT2D eigenvalue weighted by Gasteiger charge is 2.18. The van der Waals surface area contributed by atoms with Gasteiger partial charge < -0.3 is 10.6 Å². The van der Waals surface area contributed by atoms with Gasteiger partial charge in [0.1, 0.15) is 5.82 Å². The fourth-order valence-corrected chi connectivity index (χ4v) is 4.04. The van der Waals surface area contributed by atoms with Gasteiger partial charge in [-0.25, -0.2) is 9.97 Å². The third-order valence-electron chi connectivity index (χ3n) is 4.45. The van der Waals surface area contributed by atoms with Crippen LogP contribution in [-0.4, -0.2) is 33.9 Å². The number of piperidine rings is 1. The summed E-state index contributed by atoms with van der Waals surface area (Å²) in [5, 5.41) is 10.1. The number of amides is 1. The van der Waals surface area contributed by atoms with E-state index in [1.54, 1.807) is 42.1 Å². The number of nitrogens with one attached hydrogen (secondary N) is 3. The Morgan fingerprint density at radius 1 is 1.15 bits per heavy atom. The lowest BCUT2D eigenvalue weighted by Crippen LogP contribution is -2.26. The van der Waals surface area contributed by atoms with Crippen molar-refractivity contribution in [3.05, 3.63) is 59.5 Å². The van der Waals surface area contributed by atoms with Crippen LogP contribution in [0, 0.1) is 0 Å². The quantitative estimate of drug-likeness (QED) is 0.628. The molecule has 1 fully saturated rings. The summed E-state index contributed by atoms with van der Waals surface area (Å²) in [7, 11) is 0. The molecule has 1 saturated heterocycles. The summed E-state index contributed by atoms with van der Waals surface area (Å²) in [5.74, 6) is 0.986. The van der Waals surface area contributed by atoms with E-state index in [1.165, 1.54) is 4.88 Å². The summed E-state index contributed by atoms with van der Waals surface area (Å²) >= 11 is 1.56. The highest BCUT2D eigenvalue weighted by molar-refractivity contribution is 7.15. The van der Waals surface area contributed by atoms with Crippen LogP contribution in [0.15, 0.2) is 49.1 Å². The van der Waals surface area contributed by atoms with Crippen molar-refractivity contribution in [1.29, 1.82) is 0 Å². The van der Waals surface area contributed by atoms with Crippen LogP contribution >= 0.6 is 11.3 Å². The molecule has 1 aromatic carbocycles. The Bertz CT molecular complexity index is 907. The topological polar surface area (TPSA) is 91.8 Å². The molecule has 2 aromatic heterocycles. The zero-order valence-electron chi connectivity index (χ0n) is 14.7. The molecule has 1 aliphatic rings. The van der Waals surface area contributed by atoms with Crippen molar-refractivity contribution >= 4 is 33.9 Å². The van der Waals surface area contributed by atoms with Gasteiger partial charge in [0.2, 0.25) is 0 Å². The third kappa shape index (κ3) is 4.47. The smallest absolute Gasteiger partial charge is 0.257 e. The Kier molecular flexibility index (Phi) is 5.36. The molecule has 0 unspecified atom stereocenters. The monoisotopic (exact) mass is 380 g/mol. The Morgan fingerprint density at radius 2 is 2.04 bits per heavy atom. The van der Waals surface area contributed by atoms with Gasteiger partial charge in [0, 0.05) is 34.7 Å². The van der Waals surface area contributed by atoms with Gasteiger partial charge in [-0.1, -0.05) is 6.07 Å². The molecule has 3 N–H and O–H groups in total. The van der Waals surface area contributed by atoms with Crippen LogP contribution in [0.3, 0.4) is 0 Å². The van der Waals surface area contributed by atoms with Crippen LogP contribution in [0.4, 0.5) is 16.6 Å². The average molecular weight is 380 g/mol. The van der Waals surface area contributed by atoms with E-state index in [-0.39, 0.29) is 5.91 Å². The molecule has 0 radical (unpaired) electrons. The van der Waals surface area contributed by atoms with Crippen LogP contribution in [0.25, 0.3) is 0 Å². The number of carbonyl (C=O) groups excluding carboxylic acids is 1. The van der Waals surface area contributed by atoms with Crippen molar-refractivity contribution in [1.82, 2.24) is 20.3 Å². The molecular formula is C19H20N6OS. The number of aromatic nitrogens is 3. The van der Waals surface area contributed by atoms with E-state index in [0.717, 1.165) is 31.6 Å². The van der Waals surface area contributed by atoms with Gasteiger partial charge >= 0.3 is 0 Å². The van der Waals surface area contributed by atoms with E-state index in [4.69, 9.17) is 0 Å². The zero-order valence-corrected chi connectivity index (χ0v) is 15.5. The van der Waals surface area contributed by atoms with Crippen LogP contribution < -0.4 is 16.0 Å². The third-order valence-corrected chi connectivity index (χ3v) is 5.52. The molecule has 0 atom stereocenters. The van der Waals surface area contributed by atoms with E-state index in [0.29, 0.717) is 22.4 Å². The van der Waals surface area contributed by atoms with E-state index in [1.807, 2.05) is 18.3 Å². The highest BCUT2D eigenvalue weighted by Crippen LogP contribution is 2.31. The van der Waals surface area contributed by atoms with Gasteiger partial charge in [0.15, 0.2) is 5.13 Å². The molecule has 4 rings (SSSR count). The van der Waals surface area contributed by atoms with Crippen LogP contribution in [0.1, 0.15) is 34.0 Å². The molecule has 1 aliphatic heterocycles. The summed E-state index contributed by atoms with van der Waals surface area (Å²) in [6, 6.07) is 7.27. The number of rotatable bonds is 5. The summed E-state index contributed by atoms with van der Waals surface area (Å²) < 4.78 is 0. The lowest BCUT2D eigenvalue weighted by Gasteiger charge is -2.20.